The van der Waals surface area contributed by atoms with Crippen molar-refractivity contribution in [1.82, 2.24) is 5.43 Å². The van der Waals surface area contributed by atoms with Crippen molar-refractivity contribution in [1.29, 1.82) is 0 Å². The van der Waals surface area contributed by atoms with Gasteiger partial charge in [-0.1, -0.05) is 18.2 Å². The summed E-state index contributed by atoms with van der Waals surface area (Å²) in [4.78, 5) is 22.2. The summed E-state index contributed by atoms with van der Waals surface area (Å²) < 4.78 is 5.23. The molecular weight excluding hydrogens is 232 g/mol. The van der Waals surface area contributed by atoms with Crippen molar-refractivity contribution >= 4 is 17.4 Å². The molecule has 1 amide bonds. The molecule has 5 heteroatoms. The Bertz CT molecular complexity index is 441. The van der Waals surface area contributed by atoms with E-state index >= 15 is 0 Å². The topological polar surface area (TPSA) is 67.8 Å². The van der Waals surface area contributed by atoms with Crippen molar-refractivity contribution < 1.29 is 14.3 Å². The molecule has 1 aromatic carbocycles. The molecule has 0 spiro atoms. The number of hydrogen-bond acceptors (Lipinski definition) is 4. The van der Waals surface area contributed by atoms with Crippen molar-refractivity contribution in [3.05, 3.63) is 30.3 Å². The van der Waals surface area contributed by atoms with Gasteiger partial charge in [-0.3, -0.25) is 9.59 Å². The summed E-state index contributed by atoms with van der Waals surface area (Å²) in [6, 6.07) is 9.03. The number of carbonyl (C=O) groups is 2. The molecule has 0 saturated heterocycles. The quantitative estimate of drug-likeness (QED) is 0.613. The molecule has 0 atom stereocenters. The van der Waals surface area contributed by atoms with Crippen LogP contribution in [-0.4, -0.2) is 24.0 Å². The van der Waals surface area contributed by atoms with Crippen LogP contribution in [0.25, 0.3) is 0 Å². The first-order chi connectivity index (χ1) is 8.58. The average Bonchev–Trinajstić information content (AvgIpc) is 2.34. The first-order valence-corrected chi connectivity index (χ1v) is 5.57. The molecule has 1 N–H and O–H groups in total. The lowest BCUT2D eigenvalue weighted by molar-refractivity contribution is -0.123. The van der Waals surface area contributed by atoms with Gasteiger partial charge in [0.25, 0.3) is 5.91 Å². The Morgan fingerprint density at radius 1 is 1.22 bits per heavy atom. The van der Waals surface area contributed by atoms with Crippen molar-refractivity contribution in [2.24, 2.45) is 5.10 Å². The second-order valence-electron chi connectivity index (χ2n) is 3.86. The minimum atomic E-state index is -0.359. The number of carbonyl (C=O) groups excluding carboxylic acids is 2. The molecule has 1 rings (SSSR count). The van der Waals surface area contributed by atoms with Crippen LogP contribution in [0.5, 0.6) is 5.75 Å². The third kappa shape index (κ3) is 5.79. The van der Waals surface area contributed by atoms with Gasteiger partial charge in [0.05, 0.1) is 0 Å². The lowest BCUT2D eigenvalue weighted by Crippen LogP contribution is -2.25. The number of hydrogen-bond donors (Lipinski definition) is 1. The van der Waals surface area contributed by atoms with Gasteiger partial charge in [0.1, 0.15) is 11.5 Å². The highest BCUT2D eigenvalue weighted by Gasteiger charge is 2.02. The van der Waals surface area contributed by atoms with Gasteiger partial charge in [0.2, 0.25) is 0 Å². The number of hydrazone groups is 1. The predicted molar refractivity (Wildman–Crippen MR) is 68.5 cm³/mol. The molecule has 0 fully saturated rings. The summed E-state index contributed by atoms with van der Waals surface area (Å²) in [5.74, 6) is 0.268. The van der Waals surface area contributed by atoms with Crippen molar-refractivity contribution in [3.63, 3.8) is 0 Å². The van der Waals surface area contributed by atoms with Crippen LogP contribution in [0.15, 0.2) is 35.4 Å². The first-order valence-electron chi connectivity index (χ1n) is 5.57. The second kappa shape index (κ2) is 7.21. The van der Waals surface area contributed by atoms with Crippen molar-refractivity contribution in [3.8, 4) is 5.75 Å². The summed E-state index contributed by atoms with van der Waals surface area (Å²) in [6.07, 6.45) is 0.236. The lowest BCUT2D eigenvalue weighted by Gasteiger charge is -2.04. The van der Waals surface area contributed by atoms with Crippen LogP contribution in [0.3, 0.4) is 0 Å². The summed E-state index contributed by atoms with van der Waals surface area (Å²) >= 11 is 0. The number of nitrogens with one attached hydrogen (secondary N) is 1. The Kier molecular flexibility index (Phi) is 5.57. The molecule has 0 unspecified atom stereocenters. The highest BCUT2D eigenvalue weighted by Crippen LogP contribution is 2.07. The van der Waals surface area contributed by atoms with Gasteiger partial charge in [-0.05, 0) is 26.0 Å². The molecule has 0 heterocycles. The molecule has 96 valence electrons. The fourth-order valence-electron chi connectivity index (χ4n) is 1.26. The number of para-hydroxylation sites is 1. The monoisotopic (exact) mass is 248 g/mol. The van der Waals surface area contributed by atoms with Crippen LogP contribution in [0.2, 0.25) is 0 Å². The Balaban J connectivity index is 2.32. The molecule has 1 aromatic rings. The second-order valence-corrected chi connectivity index (χ2v) is 3.86. The van der Waals surface area contributed by atoms with Crippen LogP contribution in [0, 0.1) is 0 Å². The lowest BCUT2D eigenvalue weighted by atomic mass is 10.2. The number of Topliss-reactive ketones (excluding diaryl/α,β-unsaturated/α-hetero) is 1. The molecule has 0 bridgehead atoms. The number of benzene rings is 1. The number of nitrogens with zero attached hydrogens (tertiary/aromatic N) is 1. The van der Waals surface area contributed by atoms with E-state index < -0.39 is 0 Å². The maximum Gasteiger partial charge on any atom is 0.277 e. The maximum atomic E-state index is 11.4. The van der Waals surface area contributed by atoms with Gasteiger partial charge in [0.15, 0.2) is 6.61 Å². The molecule has 0 aliphatic carbocycles. The van der Waals surface area contributed by atoms with Crippen LogP contribution >= 0.6 is 0 Å². The Labute approximate surface area is 106 Å². The van der Waals surface area contributed by atoms with Gasteiger partial charge in [0, 0.05) is 12.1 Å². The highest BCUT2D eigenvalue weighted by molar-refractivity contribution is 6.00. The average molecular weight is 248 g/mol. The Morgan fingerprint density at radius 2 is 1.89 bits per heavy atom. The molecule has 18 heavy (non-hydrogen) atoms. The molecule has 5 nitrogen and oxygen atoms in total. The van der Waals surface area contributed by atoms with Crippen LogP contribution in [0.4, 0.5) is 0 Å². The number of amides is 1. The van der Waals surface area contributed by atoms with Crippen molar-refractivity contribution in [2.45, 2.75) is 20.3 Å². The summed E-state index contributed by atoms with van der Waals surface area (Å²) in [5, 5.41) is 3.79. The van der Waals surface area contributed by atoms with E-state index in [0.717, 1.165) is 0 Å². The largest absolute Gasteiger partial charge is 0.484 e. The maximum absolute atomic E-state index is 11.4. The highest BCUT2D eigenvalue weighted by atomic mass is 16.5. The minimum Gasteiger partial charge on any atom is -0.484 e. The third-order valence-electron chi connectivity index (χ3n) is 1.99. The minimum absolute atomic E-state index is 0.00559. The van der Waals surface area contributed by atoms with Crippen LogP contribution in [0.1, 0.15) is 20.3 Å². The van der Waals surface area contributed by atoms with Gasteiger partial charge in [-0.15, -0.1) is 0 Å². The molecule has 0 aromatic heterocycles. The normalized spacial score (nSPS) is 10.9. The van der Waals surface area contributed by atoms with E-state index in [1.807, 2.05) is 18.2 Å². The number of ketones is 1. The third-order valence-corrected chi connectivity index (χ3v) is 1.99. The standard InChI is InChI=1S/C13H16N2O3/c1-10(8-11(2)16)14-15-13(17)9-18-12-6-4-3-5-7-12/h3-7H,8-9H2,1-2H3,(H,15,17)/b14-10+. The SMILES string of the molecule is CC(=O)C/C(C)=N/NC(=O)COc1ccccc1. The molecular formula is C13H16N2O3. The molecule has 0 saturated carbocycles. The number of rotatable bonds is 6. The van der Waals surface area contributed by atoms with Gasteiger partial charge >= 0.3 is 0 Å². The smallest absolute Gasteiger partial charge is 0.277 e. The molecule has 0 aliphatic heterocycles. The molecule has 0 radical (unpaired) electrons. The van der Waals surface area contributed by atoms with Gasteiger partial charge < -0.3 is 4.74 Å². The summed E-state index contributed by atoms with van der Waals surface area (Å²) in [6.45, 7) is 3.04. The zero-order valence-electron chi connectivity index (χ0n) is 10.5. The van der Waals surface area contributed by atoms with E-state index in [1.54, 1.807) is 19.1 Å². The van der Waals surface area contributed by atoms with E-state index in [0.29, 0.717) is 11.5 Å². The van der Waals surface area contributed by atoms with E-state index in [-0.39, 0.29) is 24.7 Å². The van der Waals surface area contributed by atoms with Gasteiger partial charge in [-0.25, -0.2) is 5.43 Å². The first kappa shape index (κ1) is 13.9. The van der Waals surface area contributed by atoms with Crippen molar-refractivity contribution in [2.75, 3.05) is 6.61 Å². The van der Waals surface area contributed by atoms with Crippen LogP contribution in [-0.2, 0) is 9.59 Å². The fraction of sp³-hybridized carbons (Fsp3) is 0.308. The summed E-state index contributed by atoms with van der Waals surface area (Å²) in [5.41, 5.74) is 2.90. The zero-order valence-corrected chi connectivity index (χ0v) is 10.5. The number of ether oxygens (including phenoxy) is 1. The summed E-state index contributed by atoms with van der Waals surface area (Å²) in [7, 11) is 0. The van der Waals surface area contributed by atoms with E-state index in [4.69, 9.17) is 4.74 Å². The zero-order chi connectivity index (χ0) is 13.4. The van der Waals surface area contributed by atoms with E-state index in [2.05, 4.69) is 10.5 Å². The fourth-order valence-corrected chi connectivity index (χ4v) is 1.26. The van der Waals surface area contributed by atoms with E-state index in [9.17, 15) is 9.59 Å². The Hall–Kier alpha value is -2.17. The van der Waals surface area contributed by atoms with E-state index in [1.165, 1.54) is 6.92 Å². The Morgan fingerprint density at radius 3 is 2.50 bits per heavy atom. The van der Waals surface area contributed by atoms with Crippen LogP contribution < -0.4 is 10.2 Å². The predicted octanol–water partition coefficient (Wildman–Crippen LogP) is 1.54. The van der Waals surface area contributed by atoms with Gasteiger partial charge in [-0.2, -0.15) is 5.10 Å². The molecule has 0 aliphatic rings.